The van der Waals surface area contributed by atoms with Gasteiger partial charge in [0.2, 0.25) is 17.7 Å². The first-order valence-corrected chi connectivity index (χ1v) is 31.2. The Balaban J connectivity index is 1.51. The van der Waals surface area contributed by atoms with Crippen molar-refractivity contribution in [3.63, 3.8) is 0 Å². The van der Waals surface area contributed by atoms with Gasteiger partial charge in [-0.15, -0.1) is 0 Å². The highest BCUT2D eigenvalue weighted by Gasteiger charge is 2.60. The summed E-state index contributed by atoms with van der Waals surface area (Å²) >= 11 is 11.9. The number of carbonyl (C=O) groups excluding carboxylic acids is 1. The molecule has 5 heterocycles. The van der Waals surface area contributed by atoms with Crippen molar-refractivity contribution in [1.29, 1.82) is 5.26 Å². The van der Waals surface area contributed by atoms with E-state index in [0.29, 0.717) is 12.3 Å². The molecular formula is C39H62N8O13P2S2Si2. The lowest BCUT2D eigenvalue weighted by atomic mass is 10.1. The number of aromatic nitrogens is 6. The van der Waals surface area contributed by atoms with E-state index in [1.165, 1.54) is 17.2 Å². The Labute approximate surface area is 397 Å². The molecule has 6 rings (SSSR count). The Morgan fingerprint density at radius 3 is 2.36 bits per heavy atom. The monoisotopic (exact) mass is 1030 g/mol. The second-order valence-corrected chi connectivity index (χ2v) is 32.6. The van der Waals surface area contributed by atoms with Crippen molar-refractivity contribution in [2.75, 3.05) is 25.1 Å². The first-order valence-electron chi connectivity index (χ1n) is 22.1. The van der Waals surface area contributed by atoms with Crippen LogP contribution >= 0.6 is 13.4 Å². The molecule has 2 saturated heterocycles. The minimum Gasteiger partial charge on any atom is -0.474 e. The van der Waals surface area contributed by atoms with Crippen LogP contribution < -0.4 is 15.6 Å². The zero-order chi connectivity index (χ0) is 48.4. The van der Waals surface area contributed by atoms with Gasteiger partial charge < -0.3 is 45.8 Å². The van der Waals surface area contributed by atoms with E-state index in [9.17, 15) is 24.5 Å². The maximum absolute atomic E-state index is 13.5. The van der Waals surface area contributed by atoms with Crippen LogP contribution in [0.3, 0.4) is 0 Å². The number of anilines is 1. The molecule has 66 heavy (non-hydrogen) atoms. The highest BCUT2D eigenvalue weighted by Crippen LogP contribution is 2.58. The smallest absolute Gasteiger partial charge is 0.335 e. The van der Waals surface area contributed by atoms with E-state index in [0.717, 1.165) is 0 Å². The summed E-state index contributed by atoms with van der Waals surface area (Å²) in [5, 5.41) is 12.2. The van der Waals surface area contributed by atoms with Crippen LogP contribution in [0.2, 0.25) is 22.2 Å². The largest absolute Gasteiger partial charge is 0.474 e. The van der Waals surface area contributed by atoms with Crippen molar-refractivity contribution in [3.05, 3.63) is 35.3 Å². The summed E-state index contributed by atoms with van der Waals surface area (Å²) < 4.78 is 61.3. The fraction of sp³-hybridized carbons (Fsp3) is 0.718. The topological polar surface area (TPSA) is 266 Å². The summed E-state index contributed by atoms with van der Waals surface area (Å²) in [5.74, 6) is -1.10. The van der Waals surface area contributed by atoms with E-state index in [2.05, 4.69) is 36.3 Å². The summed E-state index contributed by atoms with van der Waals surface area (Å²) in [6.45, 7) is 10.3. The van der Waals surface area contributed by atoms with Gasteiger partial charge in [0.1, 0.15) is 30.7 Å². The van der Waals surface area contributed by atoms with Crippen LogP contribution in [0.15, 0.2) is 29.7 Å². The number of hydrogen-bond donors (Lipinski definition) is 4. The molecular weight excluding hydrogens is 971 g/mol. The number of nitriles is 1. The van der Waals surface area contributed by atoms with Crippen molar-refractivity contribution in [1.82, 2.24) is 29.5 Å². The number of rotatable bonds is 16. The molecule has 366 valence electrons. The van der Waals surface area contributed by atoms with E-state index < -0.39 is 97.2 Å². The molecule has 3 aromatic heterocycles. The van der Waals surface area contributed by atoms with Gasteiger partial charge in [-0.3, -0.25) is 29.0 Å². The number of amides is 1. The van der Waals surface area contributed by atoms with E-state index in [1.807, 2.05) is 55.4 Å². The summed E-state index contributed by atoms with van der Waals surface area (Å²) in [6, 6.07) is 3.69. The number of H-pyrrole nitrogens is 1. The van der Waals surface area contributed by atoms with E-state index >= 15 is 0 Å². The van der Waals surface area contributed by atoms with Gasteiger partial charge in [-0.1, -0.05) is 69.2 Å². The molecule has 3 aliphatic rings. The zero-order valence-corrected chi connectivity index (χ0v) is 44.2. The molecule has 0 spiro atoms. The lowest BCUT2D eigenvalue weighted by Gasteiger charge is -2.47. The Morgan fingerprint density at radius 1 is 1.03 bits per heavy atom. The van der Waals surface area contributed by atoms with Crippen LogP contribution in [-0.4, -0.2) is 113 Å². The number of hydrogen-bond acceptors (Lipinski definition) is 19. The first kappa shape index (κ1) is 52.9. The van der Waals surface area contributed by atoms with Gasteiger partial charge in [0.25, 0.3) is 5.56 Å². The van der Waals surface area contributed by atoms with Gasteiger partial charge in [-0.2, -0.15) is 10.2 Å². The number of aromatic amines is 1. The third kappa shape index (κ3) is 11.9. The van der Waals surface area contributed by atoms with Gasteiger partial charge in [-0.05, 0) is 52.2 Å². The van der Waals surface area contributed by atoms with Gasteiger partial charge in [-0.25, -0.2) is 15.0 Å². The Hall–Kier alpha value is -2.48. The first-order chi connectivity index (χ1) is 31.0. The fourth-order valence-corrected chi connectivity index (χ4v) is 21.8. The number of carbonyl (C=O) groups is 1. The Morgan fingerprint density at radius 2 is 1.74 bits per heavy atom. The van der Waals surface area contributed by atoms with Crippen LogP contribution in [0.25, 0.3) is 11.2 Å². The maximum atomic E-state index is 13.5. The number of nitrogens with one attached hydrogen (secondary N) is 2. The van der Waals surface area contributed by atoms with Gasteiger partial charge in [0.05, 0.1) is 44.7 Å². The van der Waals surface area contributed by atoms with Crippen LogP contribution in [-0.2, 0) is 64.3 Å². The minimum atomic E-state index is -4.08. The summed E-state index contributed by atoms with van der Waals surface area (Å²) in [5.41, 5.74) is -1.72. The quantitative estimate of drug-likeness (QED) is 0.0690. The van der Waals surface area contributed by atoms with Crippen molar-refractivity contribution in [2.45, 2.75) is 147 Å². The SMILES string of the molecule is CC(C)C(=O)Nc1nc2c(ncn2[C@@H]2OC3COP(O)(=S)O[C@H]4C[C@H](Oc5ccncn5)C[C@@H]4CO[P@@](=S)(OCCC#N)O[C@@H]2[C@@H]3O[Si](O[Si](O)(C(C)C)C(C)C)(C(C)C)C(C)C)c(=O)[nH]1. The molecule has 2 bridgehead atoms. The lowest BCUT2D eigenvalue weighted by molar-refractivity contribution is -0.118. The van der Waals surface area contributed by atoms with E-state index in [4.69, 9.17) is 64.2 Å². The normalized spacial score (nSPS) is 28.9. The Kier molecular flexibility index (Phi) is 17.4. The molecule has 27 heteroatoms. The van der Waals surface area contributed by atoms with Gasteiger partial charge >= 0.3 is 30.6 Å². The van der Waals surface area contributed by atoms with E-state index in [1.54, 1.807) is 26.1 Å². The molecule has 1 saturated carbocycles. The standard InChI is InChI=1S/C39H62N8O13P2S2Si2/c1-22(2)36(48)45-39-44-35-32(37(49)46-39)43-21-47(35)38-34-33(59-66(25(7)8,26(9)10)60-65(51,23(3)4)24(5)6)30(56-38)19-53-61(50,63)57-29-17-28(55-31-12-14-41-20-42-31)16-27(29)18-54-62(64,58-34)52-15-11-13-40/h12,14,20-30,33-34,38,51H,11,15-19H2,1-10H3,(H,50,63)(H2,44,45,46,48,49)/t27-,28-,29+,30?,33-,34-,38-,61?,62+/m1/s1. The van der Waals surface area contributed by atoms with E-state index in [-0.39, 0.29) is 65.3 Å². The lowest BCUT2D eigenvalue weighted by Crippen LogP contribution is -2.62. The third-order valence-corrected chi connectivity index (χ3v) is 25.6. The Bertz CT molecular complexity index is 2340. The highest BCUT2D eigenvalue weighted by molar-refractivity contribution is 8.07. The van der Waals surface area contributed by atoms with Gasteiger partial charge in [0, 0.05) is 30.5 Å². The highest BCUT2D eigenvalue weighted by atomic mass is 32.5. The summed E-state index contributed by atoms with van der Waals surface area (Å²) in [4.78, 5) is 70.2. The molecule has 2 unspecified atom stereocenters. The molecule has 3 fully saturated rings. The van der Waals surface area contributed by atoms with Gasteiger partial charge in [0.15, 0.2) is 17.4 Å². The van der Waals surface area contributed by atoms with Crippen molar-refractivity contribution >= 4 is 77.2 Å². The van der Waals surface area contributed by atoms with Crippen LogP contribution in [0, 0.1) is 23.2 Å². The average molecular weight is 1030 g/mol. The van der Waals surface area contributed by atoms with Crippen molar-refractivity contribution < 1.29 is 55.1 Å². The van der Waals surface area contributed by atoms with Crippen molar-refractivity contribution in [3.8, 4) is 11.9 Å². The average Bonchev–Trinajstić information content (AvgIpc) is 3.93. The predicted molar refractivity (Wildman–Crippen MR) is 253 cm³/mol. The number of nitrogens with zero attached hydrogens (tertiary/aromatic N) is 6. The minimum absolute atomic E-state index is 0.00506. The fourth-order valence-electron chi connectivity index (χ4n) is 8.29. The van der Waals surface area contributed by atoms with Crippen LogP contribution in [0.1, 0.15) is 94.7 Å². The third-order valence-electron chi connectivity index (χ3n) is 11.9. The molecule has 3 aromatic rings. The second kappa shape index (κ2) is 21.7. The summed E-state index contributed by atoms with van der Waals surface area (Å²) in [7, 11) is -7.21. The maximum Gasteiger partial charge on any atom is 0.335 e. The molecule has 0 aromatic carbocycles. The summed E-state index contributed by atoms with van der Waals surface area (Å²) in [6.07, 6.45) is -1.23. The molecule has 0 radical (unpaired) electrons. The number of fused-ring (bicyclic) bond motifs is 4. The van der Waals surface area contributed by atoms with Crippen molar-refractivity contribution in [2.24, 2.45) is 11.8 Å². The predicted octanol–water partition coefficient (Wildman–Crippen LogP) is 6.37. The van der Waals surface area contributed by atoms with Crippen LogP contribution in [0.4, 0.5) is 5.95 Å². The molecule has 2 aliphatic heterocycles. The number of ether oxygens (including phenoxy) is 2. The molecule has 1 aliphatic carbocycles. The zero-order valence-electron chi connectivity index (χ0n) is 38.8. The molecule has 4 N–H and O–H groups in total. The second-order valence-electron chi connectivity index (χ2n) is 18.2. The molecule has 9 atom stereocenters. The molecule has 21 nitrogen and oxygen atoms in total. The number of imidazole rings is 1. The molecule has 1 amide bonds. The van der Waals surface area contributed by atoms with Crippen LogP contribution in [0.5, 0.6) is 5.88 Å².